The molecule has 5 rings (SSSR count). The number of nitrogens with one attached hydrogen (secondary N) is 2. The summed E-state index contributed by atoms with van der Waals surface area (Å²) in [6.07, 6.45) is 4.68. The molecular formula is C28H27Cl2N3O. The van der Waals surface area contributed by atoms with Crippen molar-refractivity contribution in [3.8, 4) is 0 Å². The Labute approximate surface area is 209 Å². The molecule has 3 aromatic carbocycles. The molecule has 1 amide bonds. The van der Waals surface area contributed by atoms with E-state index in [0.717, 1.165) is 31.3 Å². The minimum absolute atomic E-state index is 0.0135. The number of amides is 1. The Morgan fingerprint density at radius 2 is 1.74 bits per heavy atom. The third-order valence-electron chi connectivity index (χ3n) is 6.66. The van der Waals surface area contributed by atoms with Crippen LogP contribution < -0.4 is 5.32 Å². The van der Waals surface area contributed by atoms with Gasteiger partial charge in [-0.15, -0.1) is 0 Å². The van der Waals surface area contributed by atoms with E-state index in [-0.39, 0.29) is 11.9 Å². The van der Waals surface area contributed by atoms with Gasteiger partial charge in [-0.3, -0.25) is 4.79 Å². The van der Waals surface area contributed by atoms with Gasteiger partial charge in [-0.25, -0.2) is 0 Å². The minimum atomic E-state index is -0.0135. The molecule has 0 aliphatic carbocycles. The van der Waals surface area contributed by atoms with Crippen LogP contribution in [0.2, 0.25) is 10.0 Å². The summed E-state index contributed by atoms with van der Waals surface area (Å²) in [6, 6.07) is 24.2. The summed E-state index contributed by atoms with van der Waals surface area (Å²) in [7, 11) is 0. The van der Waals surface area contributed by atoms with Gasteiger partial charge < -0.3 is 15.2 Å². The summed E-state index contributed by atoms with van der Waals surface area (Å²) in [6.45, 7) is 1.48. The summed E-state index contributed by atoms with van der Waals surface area (Å²) < 4.78 is 0. The third kappa shape index (κ3) is 5.15. The second-order valence-electron chi connectivity index (χ2n) is 8.96. The number of fused-ring (bicyclic) bond motifs is 1. The fourth-order valence-electron chi connectivity index (χ4n) is 4.96. The van der Waals surface area contributed by atoms with E-state index in [9.17, 15) is 4.79 Å². The second-order valence-corrected chi connectivity index (χ2v) is 9.83. The Balaban J connectivity index is 1.33. The van der Waals surface area contributed by atoms with Crippen LogP contribution in [0.1, 0.15) is 34.3 Å². The van der Waals surface area contributed by atoms with Gasteiger partial charge >= 0.3 is 0 Å². The van der Waals surface area contributed by atoms with Crippen molar-refractivity contribution in [2.75, 3.05) is 6.54 Å². The lowest BCUT2D eigenvalue weighted by Gasteiger charge is -2.40. The zero-order chi connectivity index (χ0) is 23.5. The molecule has 1 aliphatic rings. The molecule has 2 atom stereocenters. The molecule has 1 fully saturated rings. The van der Waals surface area contributed by atoms with Gasteiger partial charge in [-0.05, 0) is 54.7 Å². The average molecular weight is 492 g/mol. The molecule has 4 nitrogen and oxygen atoms in total. The monoisotopic (exact) mass is 491 g/mol. The van der Waals surface area contributed by atoms with Crippen molar-refractivity contribution in [3.63, 3.8) is 0 Å². The van der Waals surface area contributed by atoms with Gasteiger partial charge in [-0.1, -0.05) is 71.7 Å². The molecule has 4 aromatic rings. The number of benzene rings is 3. The van der Waals surface area contributed by atoms with E-state index in [1.54, 1.807) is 18.2 Å². The summed E-state index contributed by atoms with van der Waals surface area (Å²) in [5.41, 5.74) is 4.19. The van der Waals surface area contributed by atoms with Crippen molar-refractivity contribution in [2.24, 2.45) is 0 Å². The van der Waals surface area contributed by atoms with Crippen molar-refractivity contribution < 1.29 is 4.79 Å². The second kappa shape index (κ2) is 10.2. The number of hydrogen-bond acceptors (Lipinski definition) is 2. The van der Waals surface area contributed by atoms with E-state index in [4.69, 9.17) is 23.2 Å². The predicted octanol–water partition coefficient (Wildman–Crippen LogP) is 6.48. The molecule has 1 aromatic heterocycles. The molecule has 0 unspecified atom stereocenters. The Morgan fingerprint density at radius 3 is 2.53 bits per heavy atom. The largest absolute Gasteiger partial charge is 0.361 e. The number of aromatic nitrogens is 1. The first kappa shape index (κ1) is 23.0. The number of para-hydroxylation sites is 1. The normalized spacial score (nSPS) is 18.4. The first-order valence-corrected chi connectivity index (χ1v) is 12.4. The van der Waals surface area contributed by atoms with Crippen LogP contribution in [0.25, 0.3) is 10.9 Å². The summed E-state index contributed by atoms with van der Waals surface area (Å²) >= 11 is 12.4. The lowest BCUT2D eigenvalue weighted by Crippen LogP contribution is -2.51. The number of rotatable bonds is 6. The van der Waals surface area contributed by atoms with Crippen LogP contribution in [0, 0.1) is 0 Å². The van der Waals surface area contributed by atoms with Gasteiger partial charge in [0.15, 0.2) is 0 Å². The van der Waals surface area contributed by atoms with Crippen molar-refractivity contribution >= 4 is 40.0 Å². The Bertz CT molecular complexity index is 1270. The van der Waals surface area contributed by atoms with Gasteiger partial charge in [0.25, 0.3) is 5.91 Å². The van der Waals surface area contributed by atoms with Crippen LogP contribution in [-0.2, 0) is 13.0 Å². The lowest BCUT2D eigenvalue weighted by molar-refractivity contribution is 0.0576. The molecule has 1 saturated heterocycles. The smallest absolute Gasteiger partial charge is 0.254 e. The number of halogens is 2. The zero-order valence-electron chi connectivity index (χ0n) is 18.8. The topological polar surface area (TPSA) is 48.1 Å². The highest BCUT2D eigenvalue weighted by Gasteiger charge is 2.32. The molecule has 0 radical (unpaired) electrons. The Morgan fingerprint density at radius 1 is 1.00 bits per heavy atom. The van der Waals surface area contributed by atoms with Crippen molar-refractivity contribution in [2.45, 2.75) is 37.9 Å². The fourth-order valence-corrected chi connectivity index (χ4v) is 5.48. The highest BCUT2D eigenvalue weighted by Crippen LogP contribution is 2.27. The van der Waals surface area contributed by atoms with Gasteiger partial charge in [0, 0.05) is 57.9 Å². The van der Waals surface area contributed by atoms with Gasteiger partial charge in [0.05, 0.1) is 0 Å². The number of likely N-dealkylation sites (tertiary alicyclic amines) is 1. The van der Waals surface area contributed by atoms with Crippen molar-refractivity contribution in [1.29, 1.82) is 0 Å². The molecular weight excluding hydrogens is 465 g/mol. The maximum absolute atomic E-state index is 13.5. The fraction of sp³-hybridized carbons (Fsp3) is 0.250. The molecule has 2 N–H and O–H groups in total. The molecule has 0 bridgehead atoms. The van der Waals surface area contributed by atoms with E-state index < -0.39 is 0 Å². The first-order valence-electron chi connectivity index (χ1n) is 11.7. The molecule has 0 spiro atoms. The maximum Gasteiger partial charge on any atom is 0.254 e. The first-order chi connectivity index (χ1) is 16.6. The molecule has 2 heterocycles. The average Bonchev–Trinajstić information content (AvgIpc) is 3.26. The van der Waals surface area contributed by atoms with Crippen molar-refractivity contribution in [1.82, 2.24) is 15.2 Å². The Kier molecular flexibility index (Phi) is 6.91. The van der Waals surface area contributed by atoms with Crippen LogP contribution in [0.3, 0.4) is 0 Å². The van der Waals surface area contributed by atoms with E-state index >= 15 is 0 Å². The highest BCUT2D eigenvalue weighted by atomic mass is 35.5. The number of nitrogens with zero attached hydrogens (tertiary/aromatic N) is 1. The number of piperidine rings is 1. The van der Waals surface area contributed by atoms with Crippen LogP contribution in [0.5, 0.6) is 0 Å². The van der Waals surface area contributed by atoms with Crippen molar-refractivity contribution in [3.05, 3.63) is 106 Å². The van der Waals surface area contributed by atoms with E-state index in [2.05, 4.69) is 46.8 Å². The van der Waals surface area contributed by atoms with Gasteiger partial charge in [0.2, 0.25) is 0 Å². The number of hydrogen-bond donors (Lipinski definition) is 2. The Hall–Kier alpha value is -2.79. The van der Waals surface area contributed by atoms with E-state index in [1.165, 1.54) is 16.5 Å². The van der Waals surface area contributed by atoms with Crippen LogP contribution >= 0.6 is 23.2 Å². The van der Waals surface area contributed by atoms with Gasteiger partial charge in [-0.2, -0.15) is 0 Å². The molecule has 174 valence electrons. The summed E-state index contributed by atoms with van der Waals surface area (Å²) in [5.74, 6) is -0.0135. The van der Waals surface area contributed by atoms with Crippen LogP contribution in [0.15, 0.2) is 79.0 Å². The van der Waals surface area contributed by atoms with E-state index in [1.807, 2.05) is 29.2 Å². The summed E-state index contributed by atoms with van der Waals surface area (Å²) in [5, 5.41) is 5.96. The SMILES string of the molecule is O=C(c1cc(Cl)cc(Cl)c1)N1CC[C@H](NCc2c[nH]c3ccccc23)C[C@H]1Cc1ccccc1. The van der Waals surface area contributed by atoms with Gasteiger partial charge in [0.1, 0.15) is 0 Å². The van der Waals surface area contributed by atoms with E-state index in [0.29, 0.717) is 28.2 Å². The predicted molar refractivity (Wildman–Crippen MR) is 140 cm³/mol. The third-order valence-corrected chi connectivity index (χ3v) is 7.09. The number of carbonyl (C=O) groups excluding carboxylic acids is 1. The zero-order valence-corrected chi connectivity index (χ0v) is 20.3. The maximum atomic E-state index is 13.5. The standard InChI is InChI=1S/C28H27Cl2N3O/c29-22-13-20(14-23(30)15-22)28(34)33-11-10-24(16-25(33)12-19-6-2-1-3-7-19)31-17-21-18-32-27-9-5-4-8-26(21)27/h1-9,13-15,18,24-25,31-32H,10-12,16-17H2/t24-,25+/m0/s1. The van der Waals surface area contributed by atoms with Crippen LogP contribution in [0.4, 0.5) is 0 Å². The minimum Gasteiger partial charge on any atom is -0.361 e. The molecule has 1 aliphatic heterocycles. The van der Waals surface area contributed by atoms with Crippen LogP contribution in [-0.4, -0.2) is 34.4 Å². The quantitative estimate of drug-likeness (QED) is 0.324. The number of aromatic amines is 1. The number of H-pyrrole nitrogens is 1. The number of carbonyl (C=O) groups is 1. The molecule has 0 saturated carbocycles. The summed E-state index contributed by atoms with van der Waals surface area (Å²) in [4.78, 5) is 18.8. The lowest BCUT2D eigenvalue weighted by atomic mass is 9.91. The highest BCUT2D eigenvalue weighted by molar-refractivity contribution is 6.35. The molecule has 34 heavy (non-hydrogen) atoms. The molecule has 6 heteroatoms.